The number of nitrogens with one attached hydrogen (secondary N) is 1. The van der Waals surface area contributed by atoms with Crippen LogP contribution in [0, 0.1) is 0 Å². The first-order valence-electron chi connectivity index (χ1n) is 6.19. The summed E-state index contributed by atoms with van der Waals surface area (Å²) in [5.41, 5.74) is 0.00727. The number of aliphatic carboxylic acids is 1. The van der Waals surface area contributed by atoms with Gasteiger partial charge in [-0.25, -0.2) is 0 Å². The quantitative estimate of drug-likeness (QED) is 0.787. The molecule has 0 spiro atoms. The molecule has 0 saturated heterocycles. The molecule has 0 aromatic heterocycles. The molecule has 1 aromatic rings. The number of carboxylic acids is 1. The number of benzene rings is 1. The largest absolute Gasteiger partial charge is 0.493 e. The summed E-state index contributed by atoms with van der Waals surface area (Å²) < 4.78 is 10.8. The third-order valence-corrected chi connectivity index (χ3v) is 3.18. The average molecular weight is 267 g/mol. The van der Waals surface area contributed by atoms with Gasteiger partial charge >= 0.3 is 5.97 Å². The number of ether oxygens (including phenoxy) is 2. The summed E-state index contributed by atoms with van der Waals surface area (Å²) in [4.78, 5) is 11.2. The molecule has 0 aliphatic carbocycles. The van der Waals surface area contributed by atoms with Crippen molar-refractivity contribution in [3.8, 4) is 11.5 Å². The van der Waals surface area contributed by atoms with Gasteiger partial charge in [0, 0.05) is 0 Å². The molecule has 0 amide bonds. The molecule has 19 heavy (non-hydrogen) atoms. The maximum absolute atomic E-state index is 11.2. The van der Waals surface area contributed by atoms with Crippen LogP contribution in [0.5, 0.6) is 11.5 Å². The molecule has 0 heterocycles. The van der Waals surface area contributed by atoms with E-state index in [9.17, 15) is 4.79 Å². The van der Waals surface area contributed by atoms with Crippen LogP contribution in [0.25, 0.3) is 0 Å². The Balaban J connectivity index is 2.85. The fourth-order valence-corrected chi connectivity index (χ4v) is 1.51. The molecule has 0 radical (unpaired) electrons. The van der Waals surface area contributed by atoms with Crippen LogP contribution in [0.15, 0.2) is 18.2 Å². The summed E-state index contributed by atoms with van der Waals surface area (Å²) in [6.07, 6.45) is 0.903. The Morgan fingerprint density at radius 1 is 1.42 bits per heavy atom. The first kappa shape index (κ1) is 15.3. The van der Waals surface area contributed by atoms with Crippen LogP contribution in [0.1, 0.15) is 19.4 Å². The van der Waals surface area contributed by atoms with E-state index in [1.54, 1.807) is 27.1 Å². The van der Waals surface area contributed by atoms with Crippen LogP contribution >= 0.6 is 0 Å². The van der Waals surface area contributed by atoms with E-state index < -0.39 is 11.5 Å². The van der Waals surface area contributed by atoms with Crippen LogP contribution in [-0.4, -0.2) is 37.4 Å². The van der Waals surface area contributed by atoms with Gasteiger partial charge in [-0.15, -0.1) is 0 Å². The Morgan fingerprint density at radius 2 is 2.11 bits per heavy atom. The minimum Gasteiger partial charge on any atom is -0.493 e. The zero-order chi connectivity index (χ0) is 14.5. The topological polar surface area (TPSA) is 67.8 Å². The highest BCUT2D eigenvalue weighted by molar-refractivity contribution is 5.78. The van der Waals surface area contributed by atoms with Crippen molar-refractivity contribution in [1.29, 1.82) is 0 Å². The predicted octanol–water partition coefficient (Wildman–Crippen LogP) is 1.70. The highest BCUT2D eigenvalue weighted by Crippen LogP contribution is 2.28. The highest BCUT2D eigenvalue weighted by Gasteiger charge is 2.32. The third kappa shape index (κ3) is 3.61. The Bertz CT molecular complexity index is 447. The highest BCUT2D eigenvalue weighted by atomic mass is 16.5. The SMILES string of the molecule is CCc1ccc(OCC(C)(NC)C(=O)O)c(OC)c1. The summed E-state index contributed by atoms with van der Waals surface area (Å²) in [6, 6.07) is 5.64. The molecule has 1 unspecified atom stereocenters. The lowest BCUT2D eigenvalue weighted by Gasteiger charge is -2.24. The molecular weight excluding hydrogens is 246 g/mol. The summed E-state index contributed by atoms with van der Waals surface area (Å²) in [6.45, 7) is 3.64. The Kier molecular flexibility index (Phi) is 5.18. The van der Waals surface area contributed by atoms with E-state index in [0.29, 0.717) is 11.5 Å². The van der Waals surface area contributed by atoms with Crippen LogP contribution in [0.2, 0.25) is 0 Å². The molecular formula is C14H21NO4. The molecule has 0 aliphatic rings. The van der Waals surface area contributed by atoms with Crippen molar-refractivity contribution < 1.29 is 19.4 Å². The van der Waals surface area contributed by atoms with Gasteiger partial charge in [-0.3, -0.25) is 4.79 Å². The molecule has 5 nitrogen and oxygen atoms in total. The second-order valence-corrected chi connectivity index (χ2v) is 4.51. The van der Waals surface area contributed by atoms with E-state index in [1.807, 2.05) is 12.1 Å². The molecule has 0 bridgehead atoms. The maximum Gasteiger partial charge on any atom is 0.327 e. The fourth-order valence-electron chi connectivity index (χ4n) is 1.51. The van der Waals surface area contributed by atoms with Crippen molar-refractivity contribution in [3.63, 3.8) is 0 Å². The predicted molar refractivity (Wildman–Crippen MR) is 73.0 cm³/mol. The Labute approximate surface area is 113 Å². The fraction of sp³-hybridized carbons (Fsp3) is 0.500. The lowest BCUT2D eigenvalue weighted by molar-refractivity contribution is -0.145. The van der Waals surface area contributed by atoms with Gasteiger partial charge in [0.2, 0.25) is 0 Å². The summed E-state index contributed by atoms with van der Waals surface area (Å²) in [5, 5.41) is 11.9. The Morgan fingerprint density at radius 3 is 2.58 bits per heavy atom. The zero-order valence-electron chi connectivity index (χ0n) is 11.8. The van der Waals surface area contributed by atoms with Gasteiger partial charge in [-0.05, 0) is 38.1 Å². The lowest BCUT2D eigenvalue weighted by atomic mass is 10.1. The molecule has 0 aliphatic heterocycles. The number of carbonyl (C=O) groups is 1. The molecule has 2 N–H and O–H groups in total. The van der Waals surface area contributed by atoms with Crippen molar-refractivity contribution >= 4 is 5.97 Å². The van der Waals surface area contributed by atoms with Gasteiger partial charge in [0.15, 0.2) is 11.5 Å². The van der Waals surface area contributed by atoms with Crippen molar-refractivity contribution in [2.24, 2.45) is 0 Å². The van der Waals surface area contributed by atoms with E-state index in [4.69, 9.17) is 14.6 Å². The second-order valence-electron chi connectivity index (χ2n) is 4.51. The van der Waals surface area contributed by atoms with Crippen LogP contribution in [-0.2, 0) is 11.2 Å². The zero-order valence-corrected chi connectivity index (χ0v) is 11.8. The monoisotopic (exact) mass is 267 g/mol. The van der Waals surface area contributed by atoms with Gasteiger partial charge in [-0.2, -0.15) is 0 Å². The second kappa shape index (κ2) is 6.43. The van der Waals surface area contributed by atoms with Gasteiger partial charge in [0.1, 0.15) is 12.1 Å². The van der Waals surface area contributed by atoms with Gasteiger partial charge in [0.25, 0.3) is 0 Å². The molecule has 1 atom stereocenters. The van der Waals surface area contributed by atoms with E-state index in [-0.39, 0.29) is 6.61 Å². The molecule has 5 heteroatoms. The molecule has 1 aromatic carbocycles. The van der Waals surface area contributed by atoms with Gasteiger partial charge in [0.05, 0.1) is 7.11 Å². The Hall–Kier alpha value is -1.75. The molecule has 0 fully saturated rings. The molecule has 106 valence electrons. The molecule has 1 rings (SSSR count). The summed E-state index contributed by atoms with van der Waals surface area (Å²) in [7, 11) is 3.16. The number of methoxy groups -OCH3 is 1. The molecule has 0 saturated carbocycles. The van der Waals surface area contributed by atoms with Gasteiger partial charge < -0.3 is 19.9 Å². The van der Waals surface area contributed by atoms with Crippen LogP contribution in [0.4, 0.5) is 0 Å². The van der Waals surface area contributed by atoms with Gasteiger partial charge in [-0.1, -0.05) is 13.0 Å². The number of aryl methyl sites for hydroxylation is 1. The third-order valence-electron chi connectivity index (χ3n) is 3.18. The van der Waals surface area contributed by atoms with Crippen molar-refractivity contribution in [1.82, 2.24) is 5.32 Å². The summed E-state index contributed by atoms with van der Waals surface area (Å²) in [5.74, 6) is 0.199. The smallest absolute Gasteiger partial charge is 0.327 e. The minimum absolute atomic E-state index is 0.0145. The van der Waals surface area contributed by atoms with Crippen molar-refractivity contribution in [2.75, 3.05) is 20.8 Å². The van der Waals surface area contributed by atoms with E-state index in [2.05, 4.69) is 12.2 Å². The van der Waals surface area contributed by atoms with Crippen molar-refractivity contribution in [3.05, 3.63) is 23.8 Å². The minimum atomic E-state index is -1.13. The maximum atomic E-state index is 11.2. The number of rotatable bonds is 7. The van der Waals surface area contributed by atoms with Crippen LogP contribution < -0.4 is 14.8 Å². The number of likely N-dealkylation sites (N-methyl/N-ethyl adjacent to an activating group) is 1. The van der Waals surface area contributed by atoms with E-state index in [0.717, 1.165) is 12.0 Å². The van der Waals surface area contributed by atoms with Crippen molar-refractivity contribution in [2.45, 2.75) is 25.8 Å². The number of hydrogen-bond donors (Lipinski definition) is 2. The van der Waals surface area contributed by atoms with Crippen LogP contribution in [0.3, 0.4) is 0 Å². The van der Waals surface area contributed by atoms with E-state index >= 15 is 0 Å². The normalized spacial score (nSPS) is 13.7. The van der Waals surface area contributed by atoms with E-state index in [1.165, 1.54) is 0 Å². The first-order chi connectivity index (χ1) is 8.96. The average Bonchev–Trinajstić information content (AvgIpc) is 2.44. The summed E-state index contributed by atoms with van der Waals surface area (Å²) >= 11 is 0. The standard InChI is InChI=1S/C14H21NO4/c1-5-10-6-7-11(12(8-10)18-4)19-9-14(2,15-3)13(16)17/h6-8,15H,5,9H2,1-4H3,(H,16,17). The number of carboxylic acid groups (broad SMARTS) is 1. The number of hydrogen-bond acceptors (Lipinski definition) is 4. The lowest BCUT2D eigenvalue weighted by Crippen LogP contribution is -2.52. The first-order valence-corrected chi connectivity index (χ1v) is 6.19.